The first-order chi connectivity index (χ1) is 14.6. The predicted molar refractivity (Wildman–Crippen MR) is 122 cm³/mol. The molecule has 156 valence electrons. The molecule has 0 bridgehead atoms. The summed E-state index contributed by atoms with van der Waals surface area (Å²) in [4.78, 5) is 23.4. The van der Waals surface area contributed by atoms with Crippen LogP contribution in [0.5, 0.6) is 0 Å². The van der Waals surface area contributed by atoms with E-state index < -0.39 is 0 Å². The molecule has 1 amide bonds. The largest absolute Gasteiger partial charge is 0.351 e. The monoisotopic (exact) mass is 403 g/mol. The lowest BCUT2D eigenvalue weighted by molar-refractivity contribution is 0.0949. The fraction of sp³-hybridized carbons (Fsp3) is 0.292. The van der Waals surface area contributed by atoms with Crippen LogP contribution in [0.15, 0.2) is 60.9 Å². The molecule has 0 radical (unpaired) electrons. The molecule has 30 heavy (non-hydrogen) atoms. The molecule has 1 aromatic heterocycles. The second-order valence-corrected chi connectivity index (χ2v) is 7.14. The molecule has 0 aliphatic rings. The van der Waals surface area contributed by atoms with Crippen molar-refractivity contribution in [1.82, 2.24) is 20.2 Å². The number of carbonyl (C=O) groups excluding carboxylic acids is 1. The van der Waals surface area contributed by atoms with Crippen LogP contribution in [0.2, 0.25) is 0 Å². The molecule has 2 aromatic carbocycles. The van der Waals surface area contributed by atoms with Gasteiger partial charge in [0, 0.05) is 36.0 Å². The summed E-state index contributed by atoms with van der Waals surface area (Å²) in [6.45, 7) is 9.74. The summed E-state index contributed by atoms with van der Waals surface area (Å²) in [5.74, 6) is 0.605. The number of hydrogen-bond acceptors (Lipinski definition) is 5. The number of anilines is 2. The second kappa shape index (κ2) is 10.5. The summed E-state index contributed by atoms with van der Waals surface area (Å²) in [7, 11) is 0. The predicted octanol–water partition coefficient (Wildman–Crippen LogP) is 4.27. The van der Waals surface area contributed by atoms with Crippen LogP contribution in [0.1, 0.15) is 29.8 Å². The molecule has 0 fully saturated rings. The third-order valence-electron chi connectivity index (χ3n) is 5.02. The van der Waals surface area contributed by atoms with Crippen LogP contribution in [-0.4, -0.2) is 47.0 Å². The highest BCUT2D eigenvalue weighted by molar-refractivity contribution is 5.95. The maximum absolute atomic E-state index is 12.5. The van der Waals surface area contributed by atoms with Crippen LogP contribution >= 0.6 is 0 Å². The molecule has 6 nitrogen and oxygen atoms in total. The van der Waals surface area contributed by atoms with Crippen molar-refractivity contribution in [3.05, 3.63) is 72.1 Å². The summed E-state index contributed by atoms with van der Waals surface area (Å²) in [6, 6.07) is 17.6. The summed E-state index contributed by atoms with van der Waals surface area (Å²) in [5, 5.41) is 6.26. The molecule has 3 rings (SSSR count). The van der Waals surface area contributed by atoms with Crippen molar-refractivity contribution in [2.24, 2.45) is 0 Å². The van der Waals surface area contributed by atoms with Crippen LogP contribution in [0, 0.1) is 6.92 Å². The zero-order chi connectivity index (χ0) is 21.3. The zero-order valence-electron chi connectivity index (χ0n) is 17.9. The van der Waals surface area contributed by atoms with Gasteiger partial charge in [-0.05, 0) is 38.2 Å². The molecule has 0 saturated carbocycles. The summed E-state index contributed by atoms with van der Waals surface area (Å²) in [6.07, 6.45) is 1.54. The molecule has 6 heteroatoms. The maximum atomic E-state index is 12.5. The van der Waals surface area contributed by atoms with Crippen molar-refractivity contribution in [2.75, 3.05) is 31.5 Å². The number of nitrogens with zero attached hydrogens (tertiary/aromatic N) is 3. The van der Waals surface area contributed by atoms with Gasteiger partial charge < -0.3 is 15.5 Å². The van der Waals surface area contributed by atoms with E-state index >= 15 is 0 Å². The minimum atomic E-state index is -0.0751. The highest BCUT2D eigenvalue weighted by Crippen LogP contribution is 2.22. The molecule has 0 atom stereocenters. The maximum Gasteiger partial charge on any atom is 0.251 e. The van der Waals surface area contributed by atoms with Gasteiger partial charge in [-0.1, -0.05) is 49.7 Å². The van der Waals surface area contributed by atoms with Crippen LogP contribution in [-0.2, 0) is 0 Å². The number of carbonyl (C=O) groups is 1. The Morgan fingerprint density at radius 3 is 2.50 bits per heavy atom. The van der Waals surface area contributed by atoms with Gasteiger partial charge in [0.2, 0.25) is 0 Å². The van der Waals surface area contributed by atoms with E-state index in [-0.39, 0.29) is 5.91 Å². The summed E-state index contributed by atoms with van der Waals surface area (Å²) >= 11 is 0. The average Bonchev–Trinajstić information content (AvgIpc) is 2.77. The smallest absolute Gasteiger partial charge is 0.251 e. The Morgan fingerprint density at radius 2 is 1.77 bits per heavy atom. The van der Waals surface area contributed by atoms with Gasteiger partial charge in [0.25, 0.3) is 5.91 Å². The zero-order valence-corrected chi connectivity index (χ0v) is 17.9. The SMILES string of the molecule is CCN(CC)CCNC(=O)c1cccc(Nc2cc(-c3ccc(C)cc3)ncn2)c1. The normalized spacial score (nSPS) is 10.8. The molecular formula is C24H29N5O. The molecule has 2 N–H and O–H groups in total. The van der Waals surface area contributed by atoms with Gasteiger partial charge in [0.05, 0.1) is 5.69 Å². The Balaban J connectivity index is 1.66. The number of benzene rings is 2. The number of amides is 1. The van der Waals surface area contributed by atoms with Gasteiger partial charge in [-0.15, -0.1) is 0 Å². The highest BCUT2D eigenvalue weighted by Gasteiger charge is 2.08. The van der Waals surface area contributed by atoms with E-state index in [2.05, 4.69) is 58.4 Å². The van der Waals surface area contributed by atoms with Crippen molar-refractivity contribution in [1.29, 1.82) is 0 Å². The molecule has 0 aliphatic carbocycles. The quantitative estimate of drug-likeness (QED) is 0.558. The fourth-order valence-corrected chi connectivity index (χ4v) is 3.16. The van der Waals surface area contributed by atoms with Crippen LogP contribution in [0.3, 0.4) is 0 Å². The van der Waals surface area contributed by atoms with Crippen LogP contribution in [0.25, 0.3) is 11.3 Å². The van der Waals surface area contributed by atoms with Gasteiger partial charge in [-0.2, -0.15) is 0 Å². The first kappa shape index (κ1) is 21.5. The molecular weight excluding hydrogens is 374 g/mol. The van der Waals surface area contributed by atoms with Crippen molar-refractivity contribution >= 4 is 17.4 Å². The Kier molecular flexibility index (Phi) is 7.51. The van der Waals surface area contributed by atoms with E-state index in [4.69, 9.17) is 0 Å². The summed E-state index contributed by atoms with van der Waals surface area (Å²) < 4.78 is 0. The number of aromatic nitrogens is 2. The van der Waals surface area contributed by atoms with Gasteiger partial charge in [0.1, 0.15) is 12.1 Å². The van der Waals surface area contributed by atoms with Crippen LogP contribution < -0.4 is 10.6 Å². The third kappa shape index (κ3) is 5.87. The fourth-order valence-electron chi connectivity index (χ4n) is 3.16. The van der Waals surface area contributed by atoms with Crippen LogP contribution in [0.4, 0.5) is 11.5 Å². The third-order valence-corrected chi connectivity index (χ3v) is 5.02. The average molecular weight is 404 g/mol. The van der Waals surface area contributed by atoms with E-state index in [9.17, 15) is 4.79 Å². The Labute approximate surface area is 178 Å². The van der Waals surface area contributed by atoms with Gasteiger partial charge in [-0.25, -0.2) is 9.97 Å². The lowest BCUT2D eigenvalue weighted by atomic mass is 10.1. The number of hydrogen-bond donors (Lipinski definition) is 2. The first-order valence-electron chi connectivity index (χ1n) is 10.4. The van der Waals surface area contributed by atoms with E-state index in [1.807, 2.05) is 42.5 Å². The molecule has 0 aliphatic heterocycles. The van der Waals surface area contributed by atoms with E-state index in [1.54, 1.807) is 6.33 Å². The van der Waals surface area contributed by atoms with Crippen molar-refractivity contribution in [2.45, 2.75) is 20.8 Å². The summed E-state index contributed by atoms with van der Waals surface area (Å²) in [5.41, 5.74) is 4.51. The van der Waals surface area contributed by atoms with Crippen molar-refractivity contribution in [3.8, 4) is 11.3 Å². The number of rotatable bonds is 9. The second-order valence-electron chi connectivity index (χ2n) is 7.14. The minimum Gasteiger partial charge on any atom is -0.351 e. The van der Waals surface area contributed by atoms with E-state index in [1.165, 1.54) is 5.56 Å². The number of likely N-dealkylation sites (N-methyl/N-ethyl adjacent to an activating group) is 1. The van der Waals surface area contributed by atoms with Gasteiger partial charge >= 0.3 is 0 Å². The lowest BCUT2D eigenvalue weighted by Gasteiger charge is -2.18. The standard InChI is InChI=1S/C24H29N5O/c1-4-29(5-2)14-13-25-24(30)20-7-6-8-21(15-20)28-23-16-22(26-17-27-23)19-11-9-18(3)10-12-19/h6-12,15-17H,4-5,13-14H2,1-3H3,(H,25,30)(H,26,27,28). The van der Waals surface area contributed by atoms with Gasteiger partial charge in [0.15, 0.2) is 0 Å². The molecule has 3 aromatic rings. The van der Waals surface area contributed by atoms with E-state index in [0.717, 1.165) is 36.6 Å². The molecule has 0 saturated heterocycles. The molecule has 0 spiro atoms. The lowest BCUT2D eigenvalue weighted by Crippen LogP contribution is -2.34. The Bertz CT molecular complexity index is 967. The Morgan fingerprint density at radius 1 is 1.00 bits per heavy atom. The first-order valence-corrected chi connectivity index (χ1v) is 10.4. The highest BCUT2D eigenvalue weighted by atomic mass is 16.1. The Hall–Kier alpha value is -3.25. The van der Waals surface area contributed by atoms with Gasteiger partial charge in [-0.3, -0.25) is 4.79 Å². The number of nitrogens with one attached hydrogen (secondary N) is 2. The van der Waals surface area contributed by atoms with E-state index in [0.29, 0.717) is 17.9 Å². The number of aryl methyl sites for hydroxylation is 1. The molecule has 1 heterocycles. The van der Waals surface area contributed by atoms with Crippen molar-refractivity contribution < 1.29 is 4.79 Å². The topological polar surface area (TPSA) is 70.2 Å². The molecule has 0 unspecified atom stereocenters. The van der Waals surface area contributed by atoms with Crippen molar-refractivity contribution in [3.63, 3.8) is 0 Å². The minimum absolute atomic E-state index is 0.0751.